The van der Waals surface area contributed by atoms with Crippen molar-refractivity contribution in [3.63, 3.8) is 0 Å². The predicted molar refractivity (Wildman–Crippen MR) is 70.0 cm³/mol. The first-order valence-electron chi connectivity index (χ1n) is 6.71. The van der Waals surface area contributed by atoms with Crippen LogP contribution in [0.1, 0.15) is 25.7 Å². The molecule has 2 heterocycles. The van der Waals surface area contributed by atoms with Gasteiger partial charge in [-0.3, -0.25) is 10.1 Å². The van der Waals surface area contributed by atoms with Gasteiger partial charge in [-0.1, -0.05) is 0 Å². The molecule has 2 unspecified atom stereocenters. The standard InChI is InChI=1S/C13H17N3O3/c17-16(18)11-2-1-6-14-13(11)15-10-5-7-19-12(8-10)9-3-4-9/h1-2,6,9-10,12H,3-5,7-8H2,(H,14,15). The molecule has 0 spiro atoms. The zero-order valence-electron chi connectivity index (χ0n) is 10.6. The summed E-state index contributed by atoms with van der Waals surface area (Å²) in [5, 5.41) is 14.2. The Morgan fingerprint density at radius 1 is 1.42 bits per heavy atom. The lowest BCUT2D eigenvalue weighted by Crippen LogP contribution is -2.35. The number of nitrogens with zero attached hydrogens (tertiary/aromatic N) is 2. The van der Waals surface area contributed by atoms with Crippen LogP contribution < -0.4 is 5.32 Å². The Bertz CT molecular complexity index is 476. The monoisotopic (exact) mass is 263 g/mol. The Labute approximate surface area is 111 Å². The van der Waals surface area contributed by atoms with Gasteiger partial charge in [-0.2, -0.15) is 0 Å². The van der Waals surface area contributed by atoms with Crippen LogP contribution in [-0.4, -0.2) is 28.7 Å². The summed E-state index contributed by atoms with van der Waals surface area (Å²) in [7, 11) is 0. The number of ether oxygens (including phenoxy) is 1. The third-order valence-corrected chi connectivity index (χ3v) is 3.79. The number of rotatable bonds is 4. The van der Waals surface area contributed by atoms with Crippen molar-refractivity contribution in [3.8, 4) is 0 Å². The molecule has 1 saturated carbocycles. The number of anilines is 1. The normalized spacial score (nSPS) is 26.9. The molecule has 0 radical (unpaired) electrons. The average molecular weight is 263 g/mol. The van der Waals surface area contributed by atoms with E-state index in [1.54, 1.807) is 12.3 Å². The SMILES string of the molecule is O=[N+]([O-])c1cccnc1NC1CCOC(C2CC2)C1. The van der Waals surface area contributed by atoms with E-state index in [9.17, 15) is 10.1 Å². The van der Waals surface area contributed by atoms with E-state index in [4.69, 9.17) is 4.74 Å². The van der Waals surface area contributed by atoms with Crippen LogP contribution >= 0.6 is 0 Å². The van der Waals surface area contributed by atoms with E-state index in [1.807, 2.05) is 0 Å². The average Bonchev–Trinajstić information content (AvgIpc) is 3.24. The quantitative estimate of drug-likeness (QED) is 0.666. The molecule has 6 heteroatoms. The summed E-state index contributed by atoms with van der Waals surface area (Å²) in [4.78, 5) is 14.6. The van der Waals surface area contributed by atoms with Crippen molar-refractivity contribution >= 4 is 11.5 Å². The molecule has 2 aliphatic rings. The minimum absolute atomic E-state index is 0.0389. The number of pyridine rings is 1. The minimum Gasteiger partial charge on any atom is -0.378 e. The fraction of sp³-hybridized carbons (Fsp3) is 0.615. The van der Waals surface area contributed by atoms with E-state index in [0.29, 0.717) is 17.8 Å². The predicted octanol–water partition coefficient (Wildman–Crippen LogP) is 2.36. The lowest BCUT2D eigenvalue weighted by molar-refractivity contribution is -0.384. The molecule has 6 nitrogen and oxygen atoms in total. The third kappa shape index (κ3) is 2.84. The second-order valence-electron chi connectivity index (χ2n) is 5.24. The van der Waals surface area contributed by atoms with Crippen LogP contribution in [0.15, 0.2) is 18.3 Å². The largest absolute Gasteiger partial charge is 0.378 e. The fourth-order valence-electron chi connectivity index (χ4n) is 2.60. The molecule has 1 aromatic rings. The second-order valence-corrected chi connectivity index (χ2v) is 5.24. The first kappa shape index (κ1) is 12.3. The summed E-state index contributed by atoms with van der Waals surface area (Å²) in [6.45, 7) is 0.722. The van der Waals surface area contributed by atoms with Crippen molar-refractivity contribution in [1.82, 2.24) is 4.98 Å². The summed E-state index contributed by atoms with van der Waals surface area (Å²) < 4.78 is 5.75. The summed E-state index contributed by atoms with van der Waals surface area (Å²) in [6, 6.07) is 3.28. The molecule has 1 aliphatic heterocycles. The zero-order valence-corrected chi connectivity index (χ0v) is 10.6. The summed E-state index contributed by atoms with van der Waals surface area (Å²) in [5.74, 6) is 1.07. The van der Waals surface area contributed by atoms with Crippen molar-refractivity contribution in [3.05, 3.63) is 28.4 Å². The van der Waals surface area contributed by atoms with Crippen molar-refractivity contribution < 1.29 is 9.66 Å². The van der Waals surface area contributed by atoms with Gasteiger partial charge in [0.2, 0.25) is 5.82 Å². The van der Waals surface area contributed by atoms with Crippen LogP contribution in [0.5, 0.6) is 0 Å². The zero-order chi connectivity index (χ0) is 13.2. The van der Waals surface area contributed by atoms with E-state index < -0.39 is 4.92 Å². The molecular formula is C13H17N3O3. The van der Waals surface area contributed by atoms with Crippen molar-refractivity contribution in [2.24, 2.45) is 5.92 Å². The van der Waals surface area contributed by atoms with Crippen LogP contribution in [0, 0.1) is 16.0 Å². The van der Waals surface area contributed by atoms with Crippen LogP contribution in [0.25, 0.3) is 0 Å². The van der Waals surface area contributed by atoms with E-state index in [2.05, 4.69) is 10.3 Å². The van der Waals surface area contributed by atoms with E-state index in [1.165, 1.54) is 18.9 Å². The molecule has 19 heavy (non-hydrogen) atoms. The topological polar surface area (TPSA) is 77.3 Å². The highest BCUT2D eigenvalue weighted by atomic mass is 16.6. The molecule has 1 N–H and O–H groups in total. The van der Waals surface area contributed by atoms with Gasteiger partial charge in [0.05, 0.1) is 11.0 Å². The maximum Gasteiger partial charge on any atom is 0.311 e. The van der Waals surface area contributed by atoms with Gasteiger partial charge in [-0.05, 0) is 37.7 Å². The van der Waals surface area contributed by atoms with E-state index in [-0.39, 0.29) is 11.7 Å². The molecular weight excluding hydrogens is 246 g/mol. The first-order chi connectivity index (χ1) is 9.24. The van der Waals surface area contributed by atoms with Gasteiger partial charge < -0.3 is 10.1 Å². The van der Waals surface area contributed by atoms with E-state index in [0.717, 1.165) is 19.4 Å². The van der Waals surface area contributed by atoms with Crippen LogP contribution in [-0.2, 0) is 4.74 Å². The lowest BCUT2D eigenvalue weighted by Gasteiger charge is -2.30. The third-order valence-electron chi connectivity index (χ3n) is 3.79. The molecule has 1 saturated heterocycles. The summed E-state index contributed by atoms with van der Waals surface area (Å²) >= 11 is 0. The molecule has 0 bridgehead atoms. The highest BCUT2D eigenvalue weighted by molar-refractivity contribution is 5.55. The smallest absolute Gasteiger partial charge is 0.311 e. The minimum atomic E-state index is -0.396. The number of aromatic nitrogens is 1. The molecule has 1 aromatic heterocycles. The van der Waals surface area contributed by atoms with Gasteiger partial charge in [-0.25, -0.2) is 4.98 Å². The van der Waals surface area contributed by atoms with E-state index >= 15 is 0 Å². The summed E-state index contributed by atoms with van der Waals surface area (Å²) in [6.07, 6.45) is 6.18. The van der Waals surface area contributed by atoms with Crippen molar-refractivity contribution in [2.45, 2.75) is 37.8 Å². The summed E-state index contributed by atoms with van der Waals surface area (Å²) in [5.41, 5.74) is 0.0389. The lowest BCUT2D eigenvalue weighted by atomic mass is 10.00. The Morgan fingerprint density at radius 2 is 2.26 bits per heavy atom. The Hall–Kier alpha value is -1.69. The molecule has 1 aliphatic carbocycles. The number of hydrogen-bond acceptors (Lipinski definition) is 5. The van der Waals surface area contributed by atoms with Crippen LogP contribution in [0.3, 0.4) is 0 Å². The Balaban J connectivity index is 1.68. The number of hydrogen-bond donors (Lipinski definition) is 1. The molecule has 0 amide bonds. The molecule has 2 fully saturated rings. The van der Waals surface area contributed by atoms with Gasteiger partial charge in [-0.15, -0.1) is 0 Å². The second kappa shape index (κ2) is 5.13. The Morgan fingerprint density at radius 3 is 3.00 bits per heavy atom. The van der Waals surface area contributed by atoms with Gasteiger partial charge in [0.15, 0.2) is 0 Å². The molecule has 2 atom stereocenters. The maximum absolute atomic E-state index is 10.9. The van der Waals surface area contributed by atoms with Gasteiger partial charge in [0.1, 0.15) is 0 Å². The molecule has 0 aromatic carbocycles. The fourth-order valence-corrected chi connectivity index (χ4v) is 2.60. The number of nitro groups is 1. The van der Waals surface area contributed by atoms with Gasteiger partial charge in [0.25, 0.3) is 0 Å². The number of nitrogens with one attached hydrogen (secondary N) is 1. The van der Waals surface area contributed by atoms with Crippen LogP contribution in [0.4, 0.5) is 11.5 Å². The highest BCUT2D eigenvalue weighted by Crippen LogP contribution is 2.38. The highest BCUT2D eigenvalue weighted by Gasteiger charge is 2.36. The van der Waals surface area contributed by atoms with Gasteiger partial charge in [0, 0.05) is 24.9 Å². The van der Waals surface area contributed by atoms with Crippen molar-refractivity contribution in [2.75, 3.05) is 11.9 Å². The maximum atomic E-state index is 10.9. The molecule has 102 valence electrons. The van der Waals surface area contributed by atoms with Crippen LogP contribution in [0.2, 0.25) is 0 Å². The van der Waals surface area contributed by atoms with Crippen molar-refractivity contribution in [1.29, 1.82) is 0 Å². The molecule has 3 rings (SSSR count). The first-order valence-corrected chi connectivity index (χ1v) is 6.71. The Kier molecular flexibility index (Phi) is 3.33. The van der Waals surface area contributed by atoms with Gasteiger partial charge >= 0.3 is 5.69 Å².